The molecule has 2 rings (SSSR count). The van der Waals surface area contributed by atoms with E-state index in [1.165, 1.54) is 0 Å². The van der Waals surface area contributed by atoms with Gasteiger partial charge in [0.15, 0.2) is 11.5 Å². The predicted octanol–water partition coefficient (Wildman–Crippen LogP) is 2.91. The van der Waals surface area contributed by atoms with E-state index in [1.54, 1.807) is 18.2 Å². The quantitative estimate of drug-likeness (QED) is 0.865. The zero-order chi connectivity index (χ0) is 13.7. The van der Waals surface area contributed by atoms with Crippen molar-refractivity contribution in [3.8, 4) is 22.6 Å². The van der Waals surface area contributed by atoms with Gasteiger partial charge in [0.05, 0.1) is 13.0 Å². The van der Waals surface area contributed by atoms with Crippen molar-refractivity contribution in [2.24, 2.45) is 0 Å². The third kappa shape index (κ3) is 3.25. The predicted molar refractivity (Wildman–Crippen MR) is 71.3 cm³/mol. The van der Waals surface area contributed by atoms with Gasteiger partial charge in [-0.25, -0.2) is 0 Å². The van der Waals surface area contributed by atoms with Gasteiger partial charge >= 0.3 is 5.97 Å². The number of aliphatic carboxylic acids is 1. The molecule has 0 aliphatic rings. The van der Waals surface area contributed by atoms with Gasteiger partial charge in [0.25, 0.3) is 0 Å². The molecular weight excluding hydrogens is 244 g/mol. The van der Waals surface area contributed by atoms with Crippen LogP contribution in [-0.4, -0.2) is 22.8 Å². The summed E-state index contributed by atoms with van der Waals surface area (Å²) in [7, 11) is 0. The first-order valence-corrected chi connectivity index (χ1v) is 5.90. The second-order valence-electron chi connectivity index (χ2n) is 4.01. The van der Waals surface area contributed by atoms with Crippen LogP contribution in [0.4, 0.5) is 0 Å². The Balaban J connectivity index is 2.21. The van der Waals surface area contributed by atoms with Crippen LogP contribution in [0.1, 0.15) is 6.42 Å². The molecule has 0 spiro atoms. The maximum absolute atomic E-state index is 10.4. The Bertz CT molecular complexity index is 564. The van der Waals surface area contributed by atoms with Gasteiger partial charge in [0.2, 0.25) is 0 Å². The molecule has 0 bridgehead atoms. The van der Waals surface area contributed by atoms with Crippen LogP contribution in [0.5, 0.6) is 11.5 Å². The van der Waals surface area contributed by atoms with Crippen LogP contribution < -0.4 is 4.74 Å². The van der Waals surface area contributed by atoms with Crippen LogP contribution in [0.3, 0.4) is 0 Å². The lowest BCUT2D eigenvalue weighted by Crippen LogP contribution is -2.04. The summed E-state index contributed by atoms with van der Waals surface area (Å²) in [4.78, 5) is 10.4. The number of phenolic OH excluding ortho intramolecular Hbond substituents is 1. The van der Waals surface area contributed by atoms with Crippen LogP contribution in [0, 0.1) is 0 Å². The Morgan fingerprint density at radius 3 is 2.47 bits per heavy atom. The standard InChI is InChI=1S/C15H14O4/c16-14(17)9-10-19-13-8-4-7-12(15(13)18)11-5-2-1-3-6-11/h1-8,18H,9-10H2,(H,16,17). The summed E-state index contributed by atoms with van der Waals surface area (Å²) in [6.07, 6.45) is -0.102. The normalized spacial score (nSPS) is 10.1. The third-order valence-corrected chi connectivity index (χ3v) is 2.66. The van der Waals surface area contributed by atoms with E-state index >= 15 is 0 Å². The number of hydrogen-bond acceptors (Lipinski definition) is 3. The molecule has 2 aromatic rings. The number of benzene rings is 2. The zero-order valence-electron chi connectivity index (χ0n) is 10.2. The molecule has 98 valence electrons. The third-order valence-electron chi connectivity index (χ3n) is 2.66. The number of phenols is 1. The minimum atomic E-state index is -0.932. The molecule has 4 heteroatoms. The van der Waals surface area contributed by atoms with Crippen molar-refractivity contribution in [2.45, 2.75) is 6.42 Å². The SMILES string of the molecule is O=C(O)CCOc1cccc(-c2ccccc2)c1O. The minimum absolute atomic E-state index is 0.0269. The summed E-state index contributed by atoms with van der Waals surface area (Å²) in [5, 5.41) is 18.7. The van der Waals surface area contributed by atoms with Crippen molar-refractivity contribution in [3.05, 3.63) is 48.5 Å². The Kier molecular flexibility index (Phi) is 4.03. The first-order chi connectivity index (χ1) is 9.18. The fourth-order valence-corrected chi connectivity index (χ4v) is 1.74. The average Bonchev–Trinajstić information content (AvgIpc) is 2.41. The summed E-state index contributed by atoms with van der Waals surface area (Å²) in [6.45, 7) is 0.0289. The molecule has 0 heterocycles. The maximum Gasteiger partial charge on any atom is 0.306 e. The largest absolute Gasteiger partial charge is 0.504 e. The van der Waals surface area contributed by atoms with Gasteiger partial charge in [-0.1, -0.05) is 42.5 Å². The first kappa shape index (κ1) is 13.0. The van der Waals surface area contributed by atoms with E-state index in [-0.39, 0.29) is 18.8 Å². The molecule has 0 unspecified atom stereocenters. The smallest absolute Gasteiger partial charge is 0.306 e. The van der Waals surface area contributed by atoms with E-state index in [0.29, 0.717) is 11.3 Å². The van der Waals surface area contributed by atoms with Crippen molar-refractivity contribution in [1.82, 2.24) is 0 Å². The molecule has 4 nitrogen and oxygen atoms in total. The molecule has 0 saturated heterocycles. The van der Waals surface area contributed by atoms with Crippen LogP contribution in [0.2, 0.25) is 0 Å². The number of carboxylic acids is 1. The molecule has 2 N–H and O–H groups in total. The lowest BCUT2D eigenvalue weighted by atomic mass is 10.0. The molecule has 19 heavy (non-hydrogen) atoms. The molecule has 0 fully saturated rings. The van der Waals surface area contributed by atoms with Crippen molar-refractivity contribution in [3.63, 3.8) is 0 Å². The Hall–Kier alpha value is -2.49. The fraction of sp³-hybridized carbons (Fsp3) is 0.133. The van der Waals surface area contributed by atoms with Crippen LogP contribution in [-0.2, 0) is 4.79 Å². The molecule has 2 aromatic carbocycles. The lowest BCUT2D eigenvalue weighted by molar-refractivity contribution is -0.137. The van der Waals surface area contributed by atoms with Gasteiger partial charge in [0.1, 0.15) is 0 Å². The van der Waals surface area contributed by atoms with Crippen LogP contribution in [0.25, 0.3) is 11.1 Å². The van der Waals surface area contributed by atoms with E-state index in [0.717, 1.165) is 5.56 Å². The number of para-hydroxylation sites is 1. The fourth-order valence-electron chi connectivity index (χ4n) is 1.74. The number of aromatic hydroxyl groups is 1. The number of rotatable bonds is 5. The molecular formula is C15H14O4. The number of ether oxygens (including phenoxy) is 1. The molecule has 0 aliphatic heterocycles. The van der Waals surface area contributed by atoms with Gasteiger partial charge in [0, 0.05) is 5.56 Å². The highest BCUT2D eigenvalue weighted by atomic mass is 16.5. The molecule has 0 atom stereocenters. The Morgan fingerprint density at radius 2 is 1.79 bits per heavy atom. The summed E-state index contributed by atoms with van der Waals surface area (Å²) in [6, 6.07) is 14.6. The molecule has 0 radical (unpaired) electrons. The summed E-state index contributed by atoms with van der Waals surface area (Å²) >= 11 is 0. The van der Waals surface area contributed by atoms with E-state index in [9.17, 15) is 9.90 Å². The van der Waals surface area contributed by atoms with Crippen LogP contribution >= 0.6 is 0 Å². The number of hydrogen-bond donors (Lipinski definition) is 2. The summed E-state index contributed by atoms with van der Waals surface area (Å²) in [5.41, 5.74) is 1.54. The second-order valence-corrected chi connectivity index (χ2v) is 4.01. The van der Waals surface area contributed by atoms with Gasteiger partial charge in [-0.05, 0) is 11.6 Å². The van der Waals surface area contributed by atoms with Gasteiger partial charge in [-0.15, -0.1) is 0 Å². The van der Waals surface area contributed by atoms with E-state index < -0.39 is 5.97 Å². The molecule has 0 amide bonds. The van der Waals surface area contributed by atoms with E-state index in [4.69, 9.17) is 9.84 Å². The zero-order valence-corrected chi connectivity index (χ0v) is 10.2. The summed E-state index contributed by atoms with van der Waals surface area (Å²) < 4.78 is 5.28. The minimum Gasteiger partial charge on any atom is -0.504 e. The monoisotopic (exact) mass is 258 g/mol. The van der Waals surface area contributed by atoms with Crippen molar-refractivity contribution < 1.29 is 19.7 Å². The van der Waals surface area contributed by atoms with E-state index in [2.05, 4.69) is 0 Å². The highest BCUT2D eigenvalue weighted by Gasteiger charge is 2.10. The second kappa shape index (κ2) is 5.91. The first-order valence-electron chi connectivity index (χ1n) is 5.90. The van der Waals surface area contributed by atoms with Crippen molar-refractivity contribution in [1.29, 1.82) is 0 Å². The number of carboxylic acid groups (broad SMARTS) is 1. The molecule has 0 saturated carbocycles. The highest BCUT2D eigenvalue weighted by Crippen LogP contribution is 2.36. The maximum atomic E-state index is 10.4. The molecule has 0 aromatic heterocycles. The number of carbonyl (C=O) groups is 1. The summed E-state index contributed by atoms with van der Waals surface area (Å²) in [5.74, 6) is -0.611. The van der Waals surface area contributed by atoms with Crippen molar-refractivity contribution >= 4 is 5.97 Å². The molecule has 0 aliphatic carbocycles. The Morgan fingerprint density at radius 1 is 1.05 bits per heavy atom. The van der Waals surface area contributed by atoms with Gasteiger partial charge < -0.3 is 14.9 Å². The topological polar surface area (TPSA) is 66.8 Å². The van der Waals surface area contributed by atoms with Gasteiger partial charge in [-0.3, -0.25) is 4.79 Å². The Labute approximate surface area is 110 Å². The van der Waals surface area contributed by atoms with Crippen LogP contribution in [0.15, 0.2) is 48.5 Å². The van der Waals surface area contributed by atoms with E-state index in [1.807, 2.05) is 30.3 Å². The average molecular weight is 258 g/mol. The van der Waals surface area contributed by atoms with Gasteiger partial charge in [-0.2, -0.15) is 0 Å². The lowest BCUT2D eigenvalue weighted by Gasteiger charge is -2.10. The highest BCUT2D eigenvalue weighted by molar-refractivity contribution is 5.73. The van der Waals surface area contributed by atoms with Crippen molar-refractivity contribution in [2.75, 3.05) is 6.61 Å².